The van der Waals surface area contributed by atoms with Crippen LogP contribution in [0.25, 0.3) is 5.57 Å². The van der Waals surface area contributed by atoms with Gasteiger partial charge in [-0.15, -0.1) is 0 Å². The van der Waals surface area contributed by atoms with E-state index in [0.29, 0.717) is 21.2 Å². The zero-order valence-electron chi connectivity index (χ0n) is 13.2. The first-order valence-electron chi connectivity index (χ1n) is 7.19. The van der Waals surface area contributed by atoms with Crippen molar-refractivity contribution >= 4 is 34.7 Å². The van der Waals surface area contributed by atoms with Crippen molar-refractivity contribution in [3.63, 3.8) is 0 Å². The molecular weight excluding hydrogens is 331 g/mol. The highest BCUT2D eigenvalue weighted by molar-refractivity contribution is 6.42. The molecule has 0 unspecified atom stereocenters. The van der Waals surface area contributed by atoms with Crippen LogP contribution in [0.15, 0.2) is 48.5 Å². The quantitative estimate of drug-likeness (QED) is 0.710. The lowest BCUT2D eigenvalue weighted by atomic mass is 9.85. The minimum Gasteiger partial charge on any atom is -0.478 e. The number of halogens is 2. The summed E-state index contributed by atoms with van der Waals surface area (Å²) in [6.07, 6.45) is 1.19. The Balaban J connectivity index is 2.52. The molecule has 2 rings (SSSR count). The molecule has 0 aliphatic rings. The summed E-state index contributed by atoms with van der Waals surface area (Å²) in [5.74, 6) is -1.01. The van der Waals surface area contributed by atoms with E-state index in [1.54, 1.807) is 18.2 Å². The molecule has 4 heteroatoms. The molecule has 2 nitrogen and oxygen atoms in total. The summed E-state index contributed by atoms with van der Waals surface area (Å²) in [7, 11) is 0. The maximum atomic E-state index is 11.2. The molecular formula is C19H18Cl2O2. The average molecular weight is 349 g/mol. The molecule has 0 radical (unpaired) electrons. The van der Waals surface area contributed by atoms with Crippen LogP contribution >= 0.6 is 23.2 Å². The van der Waals surface area contributed by atoms with Crippen LogP contribution in [0.1, 0.15) is 37.5 Å². The van der Waals surface area contributed by atoms with Crippen molar-refractivity contribution in [3.05, 3.63) is 75.3 Å². The predicted octanol–water partition coefficient (Wildman–Crippen LogP) is 5.81. The van der Waals surface area contributed by atoms with Gasteiger partial charge in [-0.1, -0.05) is 74.3 Å². The van der Waals surface area contributed by atoms with Gasteiger partial charge >= 0.3 is 5.97 Å². The van der Waals surface area contributed by atoms with Crippen LogP contribution in [0, 0.1) is 0 Å². The number of carbonyl (C=O) groups is 1. The van der Waals surface area contributed by atoms with Crippen molar-refractivity contribution in [1.29, 1.82) is 0 Å². The van der Waals surface area contributed by atoms with E-state index < -0.39 is 5.97 Å². The third-order valence-electron chi connectivity index (χ3n) is 3.56. The second-order valence-corrected chi connectivity index (χ2v) is 7.17. The maximum absolute atomic E-state index is 11.2. The molecule has 0 amide bonds. The van der Waals surface area contributed by atoms with Crippen molar-refractivity contribution in [2.45, 2.75) is 26.2 Å². The smallest absolute Gasteiger partial charge is 0.328 e. The third kappa shape index (κ3) is 4.37. The van der Waals surface area contributed by atoms with Crippen LogP contribution in [-0.2, 0) is 10.2 Å². The SMILES string of the molecule is CC(C)(C)c1ccc(C(=CC(=O)O)c2ccc(Cl)c(Cl)c2)cc1. The van der Waals surface area contributed by atoms with Crippen LogP contribution in [0.4, 0.5) is 0 Å². The number of carboxylic acids is 1. The first-order valence-corrected chi connectivity index (χ1v) is 7.95. The third-order valence-corrected chi connectivity index (χ3v) is 4.30. The topological polar surface area (TPSA) is 37.3 Å². The zero-order chi connectivity index (χ0) is 17.2. The van der Waals surface area contributed by atoms with E-state index in [1.807, 2.05) is 24.3 Å². The molecule has 120 valence electrons. The molecule has 0 bridgehead atoms. The highest BCUT2D eigenvalue weighted by atomic mass is 35.5. The van der Waals surface area contributed by atoms with Gasteiger partial charge in [-0.3, -0.25) is 0 Å². The Hall–Kier alpha value is -1.77. The van der Waals surface area contributed by atoms with Crippen molar-refractivity contribution in [2.75, 3.05) is 0 Å². The Kier molecular flexibility index (Phi) is 5.18. The Bertz CT molecular complexity index is 754. The molecule has 2 aromatic rings. The summed E-state index contributed by atoms with van der Waals surface area (Å²) in [6, 6.07) is 13.0. The van der Waals surface area contributed by atoms with Crippen molar-refractivity contribution in [2.24, 2.45) is 0 Å². The first kappa shape index (κ1) is 17.6. The average Bonchev–Trinajstić information content (AvgIpc) is 2.47. The largest absolute Gasteiger partial charge is 0.478 e. The first-order chi connectivity index (χ1) is 10.7. The lowest BCUT2D eigenvalue weighted by Crippen LogP contribution is -2.10. The molecule has 0 spiro atoms. The second-order valence-electron chi connectivity index (χ2n) is 6.35. The molecule has 0 saturated carbocycles. The van der Waals surface area contributed by atoms with Gasteiger partial charge in [0.05, 0.1) is 10.0 Å². The number of rotatable bonds is 3. The Morgan fingerprint density at radius 2 is 1.52 bits per heavy atom. The summed E-state index contributed by atoms with van der Waals surface area (Å²) in [6.45, 7) is 6.40. The van der Waals surface area contributed by atoms with Gasteiger partial charge in [-0.25, -0.2) is 4.79 Å². The van der Waals surface area contributed by atoms with E-state index in [0.717, 1.165) is 5.56 Å². The van der Waals surface area contributed by atoms with Crippen molar-refractivity contribution in [3.8, 4) is 0 Å². The molecule has 0 aliphatic heterocycles. The molecule has 0 aromatic heterocycles. The van der Waals surface area contributed by atoms with E-state index in [1.165, 1.54) is 11.6 Å². The maximum Gasteiger partial charge on any atom is 0.328 e. The minimum atomic E-state index is -1.01. The van der Waals surface area contributed by atoms with Gasteiger partial charge in [-0.05, 0) is 39.8 Å². The second kappa shape index (κ2) is 6.77. The summed E-state index contributed by atoms with van der Waals surface area (Å²) >= 11 is 12.0. The van der Waals surface area contributed by atoms with Gasteiger partial charge in [0.25, 0.3) is 0 Å². The van der Waals surface area contributed by atoms with Crippen molar-refractivity contribution in [1.82, 2.24) is 0 Å². The lowest BCUT2D eigenvalue weighted by molar-refractivity contribution is -0.131. The number of benzene rings is 2. The predicted molar refractivity (Wildman–Crippen MR) is 96.3 cm³/mol. The van der Waals surface area contributed by atoms with Crippen LogP contribution in [0.2, 0.25) is 10.0 Å². The van der Waals surface area contributed by atoms with Gasteiger partial charge in [0, 0.05) is 6.08 Å². The highest BCUT2D eigenvalue weighted by Gasteiger charge is 2.15. The summed E-state index contributed by atoms with van der Waals surface area (Å²) < 4.78 is 0. The molecule has 0 atom stereocenters. The fourth-order valence-electron chi connectivity index (χ4n) is 2.27. The lowest BCUT2D eigenvalue weighted by Gasteiger charge is -2.19. The van der Waals surface area contributed by atoms with E-state index in [2.05, 4.69) is 20.8 Å². The summed E-state index contributed by atoms with van der Waals surface area (Å²) in [5.41, 5.74) is 3.35. The number of hydrogen-bond acceptors (Lipinski definition) is 1. The summed E-state index contributed by atoms with van der Waals surface area (Å²) in [5, 5.41) is 10.0. The fraction of sp³-hybridized carbons (Fsp3) is 0.211. The Morgan fingerprint density at radius 3 is 2.00 bits per heavy atom. The fourth-order valence-corrected chi connectivity index (χ4v) is 2.57. The van der Waals surface area contributed by atoms with E-state index in [4.69, 9.17) is 23.2 Å². The highest BCUT2D eigenvalue weighted by Crippen LogP contribution is 2.31. The van der Waals surface area contributed by atoms with Gasteiger partial charge < -0.3 is 5.11 Å². The van der Waals surface area contributed by atoms with E-state index >= 15 is 0 Å². The molecule has 0 fully saturated rings. The zero-order valence-corrected chi connectivity index (χ0v) is 14.7. The number of hydrogen-bond donors (Lipinski definition) is 1. The van der Waals surface area contributed by atoms with Gasteiger partial charge in [0.15, 0.2) is 0 Å². The monoisotopic (exact) mass is 348 g/mol. The van der Waals surface area contributed by atoms with Crippen LogP contribution in [0.5, 0.6) is 0 Å². The molecule has 0 heterocycles. The molecule has 2 aromatic carbocycles. The molecule has 0 aliphatic carbocycles. The van der Waals surface area contributed by atoms with E-state index in [9.17, 15) is 9.90 Å². The van der Waals surface area contributed by atoms with Crippen molar-refractivity contribution < 1.29 is 9.90 Å². The van der Waals surface area contributed by atoms with Crippen LogP contribution < -0.4 is 0 Å². The van der Waals surface area contributed by atoms with Crippen LogP contribution in [0.3, 0.4) is 0 Å². The number of carboxylic acid groups (broad SMARTS) is 1. The van der Waals surface area contributed by atoms with Crippen LogP contribution in [-0.4, -0.2) is 11.1 Å². The molecule has 23 heavy (non-hydrogen) atoms. The Morgan fingerprint density at radius 1 is 0.957 bits per heavy atom. The summed E-state index contributed by atoms with van der Waals surface area (Å²) in [4.78, 5) is 11.2. The standard InChI is InChI=1S/C19H18Cl2O2/c1-19(2,3)14-7-4-12(5-8-14)15(11-18(22)23)13-6-9-16(20)17(21)10-13/h4-11H,1-3H3,(H,22,23). The van der Waals surface area contributed by atoms with Gasteiger partial charge in [-0.2, -0.15) is 0 Å². The number of aliphatic carboxylic acids is 1. The Labute approximate surface area is 146 Å². The molecule has 1 N–H and O–H groups in total. The normalized spacial score (nSPS) is 12.3. The van der Waals surface area contributed by atoms with Gasteiger partial charge in [0.1, 0.15) is 0 Å². The minimum absolute atomic E-state index is 0.0405. The van der Waals surface area contributed by atoms with E-state index in [-0.39, 0.29) is 5.41 Å². The molecule has 0 saturated heterocycles. The van der Waals surface area contributed by atoms with Gasteiger partial charge in [0.2, 0.25) is 0 Å².